The lowest BCUT2D eigenvalue weighted by molar-refractivity contribution is -0.110. The first-order valence-electron chi connectivity index (χ1n) is 13.6. The summed E-state index contributed by atoms with van der Waals surface area (Å²) >= 11 is 0. The molecule has 3 aliphatic rings. The number of aromatic amines is 1. The third-order valence-corrected chi connectivity index (χ3v) is 8.30. The number of nitrogens with one attached hydrogen (secondary N) is 2. The lowest BCUT2D eigenvalue weighted by Crippen LogP contribution is -2.43. The van der Waals surface area contributed by atoms with Crippen molar-refractivity contribution < 1.29 is 19.1 Å². The van der Waals surface area contributed by atoms with Crippen molar-refractivity contribution in [3.8, 4) is 11.1 Å². The molecule has 3 aliphatic heterocycles. The molecular formula is C31H33FN4O3. The fraction of sp³-hybridized carbons (Fsp3) is 0.355. The smallest absolute Gasteiger partial charge is 0.256 e. The van der Waals surface area contributed by atoms with E-state index < -0.39 is 0 Å². The first-order chi connectivity index (χ1) is 18.8. The molecule has 1 aromatic heterocycles. The molecule has 7 nitrogen and oxygen atoms in total. The molecule has 39 heavy (non-hydrogen) atoms. The second kappa shape index (κ2) is 10.1. The zero-order chi connectivity index (χ0) is 27.3. The zero-order valence-electron chi connectivity index (χ0n) is 22.3. The summed E-state index contributed by atoms with van der Waals surface area (Å²) in [4.78, 5) is 34.5. The number of amides is 2. The van der Waals surface area contributed by atoms with Gasteiger partial charge in [-0.25, -0.2) is 4.39 Å². The van der Waals surface area contributed by atoms with Crippen LogP contribution < -0.4 is 5.32 Å². The van der Waals surface area contributed by atoms with Gasteiger partial charge in [0.25, 0.3) is 11.8 Å². The molecule has 4 heterocycles. The van der Waals surface area contributed by atoms with Crippen LogP contribution >= 0.6 is 0 Å². The summed E-state index contributed by atoms with van der Waals surface area (Å²) in [7, 11) is 0. The van der Waals surface area contributed by atoms with Crippen molar-refractivity contribution in [1.82, 2.24) is 14.8 Å². The number of hydrogen-bond donors (Lipinski definition) is 3. The molecule has 2 fully saturated rings. The number of anilines is 1. The van der Waals surface area contributed by atoms with Gasteiger partial charge in [-0.05, 0) is 74.1 Å². The van der Waals surface area contributed by atoms with E-state index >= 15 is 0 Å². The summed E-state index contributed by atoms with van der Waals surface area (Å²) in [5.41, 5.74) is 6.25. The number of hydrogen-bond acceptors (Lipinski definition) is 4. The molecule has 3 aromatic rings. The average Bonchev–Trinajstić information content (AvgIpc) is 3.67. The van der Waals surface area contributed by atoms with Crippen molar-refractivity contribution in [3.05, 3.63) is 76.4 Å². The Morgan fingerprint density at radius 1 is 1.15 bits per heavy atom. The van der Waals surface area contributed by atoms with Crippen molar-refractivity contribution in [2.75, 3.05) is 31.5 Å². The minimum Gasteiger partial charge on any atom is -0.392 e. The van der Waals surface area contributed by atoms with Crippen LogP contribution in [-0.2, 0) is 4.79 Å². The number of aromatic nitrogens is 1. The highest BCUT2D eigenvalue weighted by atomic mass is 19.1. The highest BCUT2D eigenvalue weighted by Crippen LogP contribution is 2.41. The van der Waals surface area contributed by atoms with Crippen LogP contribution in [0.2, 0.25) is 0 Å². The van der Waals surface area contributed by atoms with Crippen molar-refractivity contribution >= 4 is 29.2 Å². The predicted octanol–water partition coefficient (Wildman–Crippen LogP) is 4.60. The number of H-pyrrole nitrogens is 1. The van der Waals surface area contributed by atoms with Crippen LogP contribution in [0.5, 0.6) is 0 Å². The fourth-order valence-electron chi connectivity index (χ4n) is 6.38. The number of fused-ring (bicyclic) bond motifs is 1. The van der Waals surface area contributed by atoms with Crippen molar-refractivity contribution in [3.63, 3.8) is 0 Å². The molecule has 0 aliphatic carbocycles. The highest BCUT2D eigenvalue weighted by molar-refractivity contribution is 6.36. The maximum absolute atomic E-state index is 14.0. The molecule has 2 aromatic carbocycles. The largest absolute Gasteiger partial charge is 0.392 e. The number of benzene rings is 2. The standard InChI is InChI=1S/C31H33FN4O3/c1-18-27(15-25-29-24(20-6-3-7-21(32)14-20)9-4-10-26(29)34-30(25)38)33-19(2)28(18)31(39)36-12-5-8-22(36)16-35-13-11-23(37)17-35/h3-4,6-7,9-10,14-15,22-23,33,37H,5,8,11-13,16-17H2,1-2H3,(H,34,38). The third kappa shape index (κ3) is 4.68. The van der Waals surface area contributed by atoms with Crippen LogP contribution in [0.1, 0.15) is 52.1 Å². The molecule has 0 saturated carbocycles. The van der Waals surface area contributed by atoms with Crippen molar-refractivity contribution in [2.45, 2.75) is 45.3 Å². The van der Waals surface area contributed by atoms with Gasteiger partial charge in [-0.1, -0.05) is 24.3 Å². The van der Waals surface area contributed by atoms with E-state index in [0.29, 0.717) is 41.2 Å². The van der Waals surface area contributed by atoms with Crippen molar-refractivity contribution in [2.24, 2.45) is 0 Å². The molecule has 3 N–H and O–H groups in total. The topological polar surface area (TPSA) is 88.7 Å². The Balaban J connectivity index is 1.33. The van der Waals surface area contributed by atoms with E-state index in [1.54, 1.807) is 12.1 Å². The number of aliphatic hydroxyl groups is 1. The quantitative estimate of drug-likeness (QED) is 0.423. The lowest BCUT2D eigenvalue weighted by atomic mass is 9.94. The monoisotopic (exact) mass is 528 g/mol. The Kier molecular flexibility index (Phi) is 6.61. The second-order valence-corrected chi connectivity index (χ2v) is 10.9. The van der Waals surface area contributed by atoms with Crippen LogP contribution in [0.15, 0.2) is 42.5 Å². The number of aliphatic hydroxyl groups excluding tert-OH is 1. The van der Waals surface area contributed by atoms with Gasteiger partial charge < -0.3 is 20.3 Å². The van der Waals surface area contributed by atoms with Gasteiger partial charge in [0.2, 0.25) is 0 Å². The van der Waals surface area contributed by atoms with Gasteiger partial charge in [-0.3, -0.25) is 14.5 Å². The van der Waals surface area contributed by atoms with E-state index in [0.717, 1.165) is 54.7 Å². The van der Waals surface area contributed by atoms with Crippen LogP contribution in [0.3, 0.4) is 0 Å². The molecule has 202 valence electrons. The number of carbonyl (C=O) groups is 2. The number of carbonyl (C=O) groups excluding carboxylic acids is 2. The molecule has 2 atom stereocenters. The Labute approximate surface area is 227 Å². The molecule has 0 spiro atoms. The summed E-state index contributed by atoms with van der Waals surface area (Å²) < 4.78 is 14.0. The Bertz CT molecular complexity index is 1490. The van der Waals surface area contributed by atoms with Gasteiger partial charge >= 0.3 is 0 Å². The van der Waals surface area contributed by atoms with Gasteiger partial charge in [-0.2, -0.15) is 0 Å². The van der Waals surface area contributed by atoms with Gasteiger partial charge in [0, 0.05) is 54.9 Å². The second-order valence-electron chi connectivity index (χ2n) is 10.9. The number of β-amino-alcohol motifs (C(OH)–C–C–N with tert-alkyl or cyclic N) is 1. The molecule has 2 unspecified atom stereocenters. The van der Waals surface area contributed by atoms with E-state index in [1.165, 1.54) is 12.1 Å². The number of rotatable bonds is 5. The van der Waals surface area contributed by atoms with Crippen molar-refractivity contribution in [1.29, 1.82) is 0 Å². The molecule has 6 rings (SSSR count). The average molecular weight is 529 g/mol. The molecule has 2 saturated heterocycles. The zero-order valence-corrected chi connectivity index (χ0v) is 22.3. The van der Waals surface area contributed by atoms with Gasteiger partial charge in [0.1, 0.15) is 5.82 Å². The van der Waals surface area contributed by atoms with E-state index in [2.05, 4.69) is 15.2 Å². The summed E-state index contributed by atoms with van der Waals surface area (Å²) in [5, 5.41) is 12.8. The minimum atomic E-state index is -0.340. The molecule has 2 amide bonds. The number of aryl methyl sites for hydroxylation is 1. The van der Waals surface area contributed by atoms with Crippen LogP contribution in [-0.4, -0.2) is 70.0 Å². The maximum atomic E-state index is 14.0. The van der Waals surface area contributed by atoms with Gasteiger partial charge in [0.15, 0.2) is 0 Å². The third-order valence-electron chi connectivity index (χ3n) is 8.30. The molecular weight excluding hydrogens is 495 g/mol. The Hall–Kier alpha value is -3.75. The van der Waals surface area contributed by atoms with Gasteiger partial charge in [0.05, 0.1) is 17.2 Å². The summed E-state index contributed by atoms with van der Waals surface area (Å²) in [6.07, 6.45) is 4.23. The Morgan fingerprint density at radius 2 is 1.97 bits per heavy atom. The molecule has 8 heteroatoms. The summed E-state index contributed by atoms with van der Waals surface area (Å²) in [5.74, 6) is -0.571. The summed E-state index contributed by atoms with van der Waals surface area (Å²) in [6, 6.07) is 12.0. The van der Waals surface area contributed by atoms with Crippen LogP contribution in [0, 0.1) is 19.7 Å². The van der Waals surface area contributed by atoms with Crippen LogP contribution in [0.4, 0.5) is 10.1 Å². The maximum Gasteiger partial charge on any atom is 0.256 e. The lowest BCUT2D eigenvalue weighted by Gasteiger charge is -2.29. The van der Waals surface area contributed by atoms with E-state index in [4.69, 9.17) is 0 Å². The number of halogens is 1. The first-order valence-corrected chi connectivity index (χ1v) is 13.6. The van der Waals surface area contributed by atoms with Crippen LogP contribution in [0.25, 0.3) is 22.8 Å². The van der Waals surface area contributed by atoms with E-state index in [-0.39, 0.29) is 29.8 Å². The molecule has 0 bridgehead atoms. The number of likely N-dealkylation sites (tertiary alicyclic amines) is 2. The minimum absolute atomic E-state index is 0.00451. The Morgan fingerprint density at radius 3 is 2.74 bits per heavy atom. The highest BCUT2D eigenvalue weighted by Gasteiger charge is 2.35. The number of nitrogens with zero attached hydrogens (tertiary/aromatic N) is 2. The molecule has 0 radical (unpaired) electrons. The predicted molar refractivity (Wildman–Crippen MR) is 150 cm³/mol. The van der Waals surface area contributed by atoms with Gasteiger partial charge in [-0.15, -0.1) is 0 Å². The fourth-order valence-corrected chi connectivity index (χ4v) is 6.38. The summed E-state index contributed by atoms with van der Waals surface area (Å²) in [6.45, 7) is 6.83. The van der Waals surface area contributed by atoms with E-state index in [1.807, 2.05) is 43.0 Å². The van der Waals surface area contributed by atoms with E-state index in [9.17, 15) is 19.1 Å². The SMILES string of the molecule is Cc1[nH]c(C=C2C(=O)Nc3cccc(-c4cccc(F)c4)c32)c(C)c1C(=O)N1CCCC1CN1CCC(O)C1. The normalized spacial score (nSPS) is 22.1. The first kappa shape index (κ1) is 25.5.